The van der Waals surface area contributed by atoms with Crippen molar-refractivity contribution in [2.24, 2.45) is 0 Å². The summed E-state index contributed by atoms with van der Waals surface area (Å²) in [5.41, 5.74) is -1.88. The van der Waals surface area contributed by atoms with Crippen LogP contribution in [0.3, 0.4) is 0 Å². The molecule has 1 saturated carbocycles. The zero-order chi connectivity index (χ0) is 30.1. The van der Waals surface area contributed by atoms with Gasteiger partial charge in [-0.3, -0.25) is 4.90 Å². The number of hydrogen-bond acceptors (Lipinski definition) is 6. The molecule has 3 aliphatic rings. The molecule has 13 heteroatoms. The predicted octanol–water partition coefficient (Wildman–Crippen LogP) is 7.49. The number of halogens is 6. The molecule has 0 amide bonds. The van der Waals surface area contributed by atoms with E-state index < -0.39 is 42.1 Å². The second-order valence-corrected chi connectivity index (χ2v) is 18.9. The molecule has 3 heterocycles. The molecular weight excluding hydrogens is 627 g/mol. The summed E-state index contributed by atoms with van der Waals surface area (Å²) in [6.07, 6.45) is -2.34. The average molecular weight is 666 g/mol. The maximum Gasteiger partial charge on any atom is 0.417 e. The van der Waals surface area contributed by atoms with Crippen molar-refractivity contribution in [3.05, 3.63) is 21.9 Å². The molecule has 41 heavy (non-hydrogen) atoms. The first-order valence-corrected chi connectivity index (χ1v) is 17.8. The Morgan fingerprint density at radius 1 is 1.20 bits per heavy atom. The molecule has 0 radical (unpaired) electrons. The van der Waals surface area contributed by atoms with E-state index in [1.165, 1.54) is 0 Å². The van der Waals surface area contributed by atoms with Crippen molar-refractivity contribution >= 4 is 41.0 Å². The van der Waals surface area contributed by atoms with Crippen molar-refractivity contribution in [1.82, 2.24) is 14.9 Å². The predicted molar refractivity (Wildman–Crippen MR) is 154 cm³/mol. The van der Waals surface area contributed by atoms with E-state index in [-0.39, 0.29) is 46.5 Å². The first kappa shape index (κ1) is 30.9. The van der Waals surface area contributed by atoms with Gasteiger partial charge in [0.2, 0.25) is 0 Å². The maximum absolute atomic E-state index is 15.5. The Hall–Kier alpha value is -1.57. The van der Waals surface area contributed by atoms with Crippen molar-refractivity contribution < 1.29 is 31.1 Å². The lowest BCUT2D eigenvalue weighted by Gasteiger charge is -2.47. The van der Waals surface area contributed by atoms with Crippen LogP contribution in [0.4, 0.5) is 27.8 Å². The minimum atomic E-state index is -4.78. The minimum absolute atomic E-state index is 0.0345. The second-order valence-electron chi connectivity index (χ2n) is 13.4. The van der Waals surface area contributed by atoms with E-state index in [2.05, 4.69) is 64.7 Å². The first-order valence-electron chi connectivity index (χ1n) is 14.1. The van der Waals surface area contributed by atoms with Gasteiger partial charge in [-0.15, -0.1) is 0 Å². The van der Waals surface area contributed by atoms with Crippen LogP contribution in [0, 0.1) is 5.82 Å². The zero-order valence-electron chi connectivity index (χ0n) is 24.3. The van der Waals surface area contributed by atoms with Crippen LogP contribution in [-0.4, -0.2) is 73.8 Å². The van der Waals surface area contributed by atoms with E-state index >= 15 is 4.39 Å². The second kappa shape index (κ2) is 10.6. The third kappa shape index (κ3) is 5.72. The molecule has 6 nitrogen and oxygen atoms in total. The monoisotopic (exact) mass is 664 g/mol. The fourth-order valence-corrected chi connectivity index (χ4v) is 7.98. The van der Waals surface area contributed by atoms with E-state index in [0.717, 1.165) is 25.5 Å². The minimum Gasteiger partial charge on any atom is -0.461 e. The lowest BCUT2D eigenvalue weighted by molar-refractivity contribution is -0.138. The highest BCUT2D eigenvalue weighted by molar-refractivity contribution is 9.10. The van der Waals surface area contributed by atoms with Gasteiger partial charge in [0, 0.05) is 37.5 Å². The number of benzene rings is 1. The van der Waals surface area contributed by atoms with Crippen molar-refractivity contribution in [3.8, 4) is 6.01 Å². The molecule has 0 N–H and O–H groups in total. The van der Waals surface area contributed by atoms with Crippen LogP contribution < -0.4 is 9.64 Å². The molecule has 2 saturated heterocycles. The van der Waals surface area contributed by atoms with Crippen LogP contribution in [-0.2, 0) is 10.6 Å². The van der Waals surface area contributed by atoms with Gasteiger partial charge in [0.15, 0.2) is 14.1 Å². The fraction of sp³-hybridized carbons (Fsp3) is 0.714. The van der Waals surface area contributed by atoms with Gasteiger partial charge in [-0.2, -0.15) is 23.1 Å². The number of ether oxygens (including phenoxy) is 1. The molecule has 1 aliphatic carbocycles. The van der Waals surface area contributed by atoms with E-state index in [9.17, 15) is 17.6 Å². The smallest absolute Gasteiger partial charge is 0.417 e. The van der Waals surface area contributed by atoms with E-state index in [1.807, 2.05) is 0 Å². The molecule has 2 atom stereocenters. The Morgan fingerprint density at radius 2 is 1.88 bits per heavy atom. The summed E-state index contributed by atoms with van der Waals surface area (Å²) in [7, 11) is -0.247. The van der Waals surface area contributed by atoms with Crippen LogP contribution in [0.5, 0.6) is 6.01 Å². The zero-order valence-corrected chi connectivity index (χ0v) is 26.9. The summed E-state index contributed by atoms with van der Waals surface area (Å²) in [6, 6.07) is 0.687. The molecule has 0 unspecified atom stereocenters. The van der Waals surface area contributed by atoms with Gasteiger partial charge in [-0.25, -0.2) is 8.78 Å². The van der Waals surface area contributed by atoms with Gasteiger partial charge in [-0.1, -0.05) is 20.8 Å². The largest absolute Gasteiger partial charge is 0.461 e. The first-order chi connectivity index (χ1) is 18.9. The molecule has 0 bridgehead atoms. The van der Waals surface area contributed by atoms with Gasteiger partial charge in [-0.05, 0) is 72.4 Å². The SMILES string of the molecule is CN(c1nc(OC[C@@]23CCCN2C[C@H](F)C3)nc2c(F)c(Br)c(C(F)(F)F)cc12)C1CC(O[Si](C)(C)C(C)(C)C)C1. The Labute approximate surface area is 247 Å². The third-order valence-electron chi connectivity index (χ3n) is 9.59. The van der Waals surface area contributed by atoms with Crippen LogP contribution >= 0.6 is 15.9 Å². The highest BCUT2D eigenvalue weighted by atomic mass is 79.9. The molecule has 5 rings (SSSR count). The Balaban J connectivity index is 1.47. The number of nitrogens with zero attached hydrogens (tertiary/aromatic N) is 4. The molecule has 3 fully saturated rings. The van der Waals surface area contributed by atoms with Gasteiger partial charge in [0.25, 0.3) is 0 Å². The van der Waals surface area contributed by atoms with E-state index in [4.69, 9.17) is 9.16 Å². The highest BCUT2D eigenvalue weighted by Gasteiger charge is 2.49. The molecular formula is C28H38BrF5N4O2Si. The van der Waals surface area contributed by atoms with Crippen molar-refractivity contribution in [3.63, 3.8) is 0 Å². The Morgan fingerprint density at radius 3 is 2.51 bits per heavy atom. The highest BCUT2D eigenvalue weighted by Crippen LogP contribution is 2.45. The number of rotatable bonds is 7. The van der Waals surface area contributed by atoms with Crippen LogP contribution in [0.2, 0.25) is 18.1 Å². The molecule has 0 spiro atoms. The van der Waals surface area contributed by atoms with Crippen molar-refractivity contribution in [2.75, 3.05) is 31.6 Å². The number of anilines is 1. The third-order valence-corrected chi connectivity index (χ3v) is 14.9. The van der Waals surface area contributed by atoms with Gasteiger partial charge < -0.3 is 14.1 Å². The molecule has 2 aromatic rings. The fourth-order valence-electron chi connectivity index (χ4n) is 6.07. The Bertz CT molecular complexity index is 1320. The topological polar surface area (TPSA) is 50.7 Å². The number of alkyl halides is 4. The van der Waals surface area contributed by atoms with Crippen molar-refractivity contribution in [2.45, 2.75) is 101 Å². The number of fused-ring (bicyclic) bond motifs is 2. The molecule has 228 valence electrons. The van der Waals surface area contributed by atoms with Gasteiger partial charge in [0.1, 0.15) is 24.1 Å². The summed E-state index contributed by atoms with van der Waals surface area (Å²) in [5, 5.41) is 0.000397. The van der Waals surface area contributed by atoms with Crippen LogP contribution in [0.15, 0.2) is 10.5 Å². The van der Waals surface area contributed by atoms with Crippen LogP contribution in [0.1, 0.15) is 58.4 Å². The average Bonchev–Trinajstić information content (AvgIpc) is 3.35. The quantitative estimate of drug-likeness (QED) is 0.226. The maximum atomic E-state index is 15.5. The van der Waals surface area contributed by atoms with Gasteiger partial charge in [0.05, 0.1) is 15.6 Å². The summed E-state index contributed by atoms with van der Waals surface area (Å²) in [4.78, 5) is 12.6. The molecule has 1 aromatic heterocycles. The Kier molecular flexibility index (Phi) is 7.94. The summed E-state index contributed by atoms with van der Waals surface area (Å²) in [5.74, 6) is -0.969. The standard InChI is InChI=1S/C28H38BrF5N4O2Si/c1-26(2,3)41(5,6)40-18-10-17(11-18)37(4)24-19-12-20(28(32,33)34)21(29)22(31)23(19)35-25(36-24)39-15-27-8-7-9-38(27)14-16(30)13-27/h12,16-18H,7-11,13-15H2,1-6H3/t16-,17?,18?,27+/m1/s1. The summed E-state index contributed by atoms with van der Waals surface area (Å²) >= 11 is 2.79. The van der Waals surface area contributed by atoms with Crippen molar-refractivity contribution in [1.29, 1.82) is 0 Å². The summed E-state index contributed by atoms with van der Waals surface area (Å²) < 4.78 is 83.1. The lowest BCUT2D eigenvalue weighted by atomic mass is 9.88. The van der Waals surface area contributed by atoms with E-state index in [0.29, 0.717) is 25.8 Å². The van der Waals surface area contributed by atoms with Gasteiger partial charge >= 0.3 is 12.2 Å². The number of hydrogen-bond donors (Lipinski definition) is 0. The van der Waals surface area contributed by atoms with E-state index in [1.54, 1.807) is 11.9 Å². The molecule has 1 aromatic carbocycles. The normalized spacial score (nSPS) is 27.3. The lowest BCUT2D eigenvalue weighted by Crippen LogP contribution is -2.53. The molecule has 2 aliphatic heterocycles. The number of aromatic nitrogens is 2. The van der Waals surface area contributed by atoms with Crippen LogP contribution in [0.25, 0.3) is 10.9 Å². The summed E-state index contributed by atoms with van der Waals surface area (Å²) in [6.45, 7) is 12.1.